The van der Waals surface area contributed by atoms with Crippen LogP contribution < -0.4 is 0 Å². The van der Waals surface area contributed by atoms with E-state index in [1.54, 1.807) is 0 Å². The standard InChI is InChI=1S/C17H26N2O2/c1-12-9-13(11-17(20)21-2)18-15(10-12)14-5-3-7-19-8-4-6-16(14)19/h5,12-13,16H,3-4,6-11H2,1-2H3. The Labute approximate surface area is 127 Å². The van der Waals surface area contributed by atoms with Gasteiger partial charge in [-0.05, 0) is 50.1 Å². The van der Waals surface area contributed by atoms with Crippen LogP contribution in [0.4, 0.5) is 0 Å². The molecule has 1 fully saturated rings. The molecule has 0 aromatic rings. The molecular weight excluding hydrogens is 264 g/mol. The second-order valence-electron chi connectivity index (χ2n) is 6.70. The molecule has 0 aromatic carbocycles. The van der Waals surface area contributed by atoms with Gasteiger partial charge in [-0.25, -0.2) is 0 Å². The minimum atomic E-state index is -0.141. The third kappa shape index (κ3) is 3.20. The van der Waals surface area contributed by atoms with Crippen LogP contribution in [0, 0.1) is 5.92 Å². The van der Waals surface area contributed by atoms with Crippen molar-refractivity contribution >= 4 is 11.7 Å². The first-order valence-corrected chi connectivity index (χ1v) is 8.25. The van der Waals surface area contributed by atoms with Gasteiger partial charge in [-0.3, -0.25) is 14.7 Å². The zero-order valence-electron chi connectivity index (χ0n) is 13.2. The molecule has 4 nitrogen and oxygen atoms in total. The summed E-state index contributed by atoms with van der Waals surface area (Å²) in [6.45, 7) is 4.70. The Morgan fingerprint density at radius 2 is 2.33 bits per heavy atom. The molecule has 3 unspecified atom stereocenters. The summed E-state index contributed by atoms with van der Waals surface area (Å²) in [6.07, 6.45) is 8.59. The van der Waals surface area contributed by atoms with Crippen LogP contribution in [-0.4, -0.2) is 48.9 Å². The van der Waals surface area contributed by atoms with Crippen LogP contribution in [0.1, 0.15) is 45.4 Å². The number of hydrogen-bond donors (Lipinski definition) is 0. The molecule has 3 aliphatic rings. The zero-order valence-corrected chi connectivity index (χ0v) is 13.2. The Bertz CT molecular complexity index is 469. The summed E-state index contributed by atoms with van der Waals surface area (Å²) in [7, 11) is 1.46. The fourth-order valence-corrected chi connectivity index (χ4v) is 4.08. The first-order valence-electron chi connectivity index (χ1n) is 8.25. The monoisotopic (exact) mass is 290 g/mol. The van der Waals surface area contributed by atoms with Gasteiger partial charge in [0.25, 0.3) is 0 Å². The minimum Gasteiger partial charge on any atom is -0.469 e. The number of ether oxygens (including phenoxy) is 1. The molecule has 0 aromatic heterocycles. The zero-order chi connectivity index (χ0) is 14.8. The Kier molecular flexibility index (Phi) is 4.43. The van der Waals surface area contributed by atoms with Gasteiger partial charge in [0, 0.05) is 18.3 Å². The number of esters is 1. The van der Waals surface area contributed by atoms with Crippen LogP contribution >= 0.6 is 0 Å². The fourth-order valence-electron chi connectivity index (χ4n) is 4.08. The highest BCUT2D eigenvalue weighted by molar-refractivity contribution is 6.02. The lowest BCUT2D eigenvalue weighted by Crippen LogP contribution is -2.39. The van der Waals surface area contributed by atoms with E-state index in [4.69, 9.17) is 9.73 Å². The summed E-state index contributed by atoms with van der Waals surface area (Å²) >= 11 is 0. The largest absolute Gasteiger partial charge is 0.469 e. The summed E-state index contributed by atoms with van der Waals surface area (Å²) in [5.41, 5.74) is 2.72. The SMILES string of the molecule is COC(=O)CC1CC(C)CC(C2=CCCN3CCCC23)=N1. The van der Waals surface area contributed by atoms with Crippen LogP contribution in [0.5, 0.6) is 0 Å². The van der Waals surface area contributed by atoms with Crippen molar-refractivity contribution in [2.24, 2.45) is 10.9 Å². The van der Waals surface area contributed by atoms with Crippen molar-refractivity contribution in [1.82, 2.24) is 4.90 Å². The number of methoxy groups -OCH3 is 1. The Hall–Kier alpha value is -1.16. The van der Waals surface area contributed by atoms with Gasteiger partial charge in [-0.15, -0.1) is 0 Å². The van der Waals surface area contributed by atoms with Crippen molar-refractivity contribution in [3.63, 3.8) is 0 Å². The molecule has 0 spiro atoms. The molecule has 0 amide bonds. The van der Waals surface area contributed by atoms with Crippen LogP contribution in [0.3, 0.4) is 0 Å². The second kappa shape index (κ2) is 6.30. The lowest BCUT2D eigenvalue weighted by molar-refractivity contribution is -0.141. The highest BCUT2D eigenvalue weighted by Gasteiger charge is 2.34. The molecule has 0 saturated carbocycles. The number of hydrogen-bond acceptors (Lipinski definition) is 4. The molecule has 4 heteroatoms. The van der Waals surface area contributed by atoms with Gasteiger partial charge in [0.2, 0.25) is 0 Å². The lowest BCUT2D eigenvalue weighted by Gasteiger charge is -2.34. The van der Waals surface area contributed by atoms with Crippen molar-refractivity contribution in [3.8, 4) is 0 Å². The van der Waals surface area contributed by atoms with Crippen molar-refractivity contribution in [3.05, 3.63) is 11.6 Å². The summed E-state index contributed by atoms with van der Waals surface area (Å²) in [5, 5.41) is 0. The van der Waals surface area contributed by atoms with Gasteiger partial charge >= 0.3 is 5.97 Å². The molecule has 116 valence electrons. The van der Waals surface area contributed by atoms with Crippen LogP contribution in [0.25, 0.3) is 0 Å². The van der Waals surface area contributed by atoms with Crippen LogP contribution in [0.15, 0.2) is 16.6 Å². The van der Waals surface area contributed by atoms with E-state index in [0.717, 1.165) is 19.3 Å². The molecule has 1 saturated heterocycles. The molecule has 0 aliphatic carbocycles. The van der Waals surface area contributed by atoms with Gasteiger partial charge in [0.05, 0.1) is 19.6 Å². The average molecular weight is 290 g/mol. The molecular formula is C17H26N2O2. The third-order valence-electron chi connectivity index (χ3n) is 5.02. The van der Waals surface area contributed by atoms with E-state index in [0.29, 0.717) is 18.4 Å². The normalized spacial score (nSPS) is 33.1. The fraction of sp³-hybridized carbons (Fsp3) is 0.765. The molecule has 0 radical (unpaired) electrons. The summed E-state index contributed by atoms with van der Waals surface area (Å²) in [5.74, 6) is 0.460. The van der Waals surface area contributed by atoms with E-state index in [2.05, 4.69) is 17.9 Å². The molecule has 0 bridgehead atoms. The summed E-state index contributed by atoms with van der Waals surface area (Å²) < 4.78 is 4.81. The maximum atomic E-state index is 11.5. The van der Waals surface area contributed by atoms with Crippen molar-refractivity contribution in [1.29, 1.82) is 0 Å². The van der Waals surface area contributed by atoms with Gasteiger partial charge in [-0.2, -0.15) is 0 Å². The first-order chi connectivity index (χ1) is 10.2. The van der Waals surface area contributed by atoms with Gasteiger partial charge < -0.3 is 4.74 Å². The van der Waals surface area contributed by atoms with E-state index in [1.165, 1.54) is 44.3 Å². The molecule has 0 N–H and O–H groups in total. The second-order valence-corrected chi connectivity index (χ2v) is 6.70. The van der Waals surface area contributed by atoms with Crippen molar-refractivity contribution in [2.75, 3.05) is 20.2 Å². The Balaban J connectivity index is 1.79. The Morgan fingerprint density at radius 1 is 1.48 bits per heavy atom. The Morgan fingerprint density at radius 3 is 3.14 bits per heavy atom. The molecule has 3 atom stereocenters. The van der Waals surface area contributed by atoms with E-state index in [-0.39, 0.29) is 12.0 Å². The van der Waals surface area contributed by atoms with E-state index < -0.39 is 0 Å². The number of nitrogens with zero attached hydrogens (tertiary/aromatic N) is 2. The molecule has 3 heterocycles. The van der Waals surface area contributed by atoms with Crippen molar-refractivity contribution < 1.29 is 9.53 Å². The first kappa shape index (κ1) is 14.8. The van der Waals surface area contributed by atoms with Gasteiger partial charge in [0.1, 0.15) is 0 Å². The number of aliphatic imine (C=N–C) groups is 1. The van der Waals surface area contributed by atoms with Crippen LogP contribution in [-0.2, 0) is 9.53 Å². The summed E-state index contributed by atoms with van der Waals surface area (Å²) in [4.78, 5) is 19.1. The highest BCUT2D eigenvalue weighted by Crippen LogP contribution is 2.33. The van der Waals surface area contributed by atoms with E-state index in [9.17, 15) is 4.79 Å². The molecule has 21 heavy (non-hydrogen) atoms. The quantitative estimate of drug-likeness (QED) is 0.750. The lowest BCUT2D eigenvalue weighted by atomic mass is 9.85. The van der Waals surface area contributed by atoms with Gasteiger partial charge in [-0.1, -0.05) is 13.0 Å². The van der Waals surface area contributed by atoms with Gasteiger partial charge in [0.15, 0.2) is 0 Å². The molecule has 3 aliphatic heterocycles. The topological polar surface area (TPSA) is 41.9 Å². The number of carbonyl (C=O) groups excluding carboxylic acids is 1. The molecule has 3 rings (SSSR count). The van der Waals surface area contributed by atoms with E-state index in [1.807, 2.05) is 0 Å². The summed E-state index contributed by atoms with van der Waals surface area (Å²) in [6, 6.07) is 0.690. The number of fused-ring (bicyclic) bond motifs is 1. The third-order valence-corrected chi connectivity index (χ3v) is 5.02. The highest BCUT2D eigenvalue weighted by atomic mass is 16.5. The average Bonchev–Trinajstić information content (AvgIpc) is 2.94. The minimum absolute atomic E-state index is 0.105. The maximum absolute atomic E-state index is 11.5. The maximum Gasteiger partial charge on any atom is 0.307 e. The van der Waals surface area contributed by atoms with Crippen LogP contribution in [0.2, 0.25) is 0 Å². The predicted octanol–water partition coefficient (Wildman–Crippen LogP) is 2.58. The predicted molar refractivity (Wildman–Crippen MR) is 83.5 cm³/mol. The van der Waals surface area contributed by atoms with E-state index >= 15 is 0 Å². The van der Waals surface area contributed by atoms with Crippen molar-refractivity contribution in [2.45, 2.75) is 57.5 Å². The number of rotatable bonds is 3. The smallest absolute Gasteiger partial charge is 0.307 e. The number of carbonyl (C=O) groups is 1.